The molecule has 0 fully saturated rings. The SMILES string of the molecule is O=C(O)Cc1ccc(NC(=O)c2ccc(I)c(Cl)c2)cn1. The van der Waals surface area contributed by atoms with Gasteiger partial charge in [0.15, 0.2) is 0 Å². The molecule has 21 heavy (non-hydrogen) atoms. The lowest BCUT2D eigenvalue weighted by Crippen LogP contribution is -2.12. The Kier molecular flexibility index (Phi) is 5.13. The van der Waals surface area contributed by atoms with Crippen molar-refractivity contribution >= 4 is 51.8 Å². The van der Waals surface area contributed by atoms with Crippen LogP contribution in [-0.2, 0) is 11.2 Å². The molecule has 2 rings (SSSR count). The van der Waals surface area contributed by atoms with E-state index in [-0.39, 0.29) is 12.3 Å². The molecule has 0 aliphatic carbocycles. The van der Waals surface area contributed by atoms with Gasteiger partial charge in [-0.1, -0.05) is 11.6 Å². The summed E-state index contributed by atoms with van der Waals surface area (Å²) in [5.41, 5.74) is 1.36. The maximum absolute atomic E-state index is 12.0. The molecular formula is C14H10ClIN2O3. The predicted octanol–water partition coefficient (Wildman–Crippen LogP) is 3.22. The highest BCUT2D eigenvalue weighted by atomic mass is 127. The number of hydrogen-bond donors (Lipinski definition) is 2. The Morgan fingerprint density at radius 2 is 2.05 bits per heavy atom. The van der Waals surface area contributed by atoms with E-state index in [1.165, 1.54) is 6.20 Å². The fourth-order valence-electron chi connectivity index (χ4n) is 1.60. The highest BCUT2D eigenvalue weighted by Gasteiger charge is 2.09. The molecule has 0 aliphatic heterocycles. The van der Waals surface area contributed by atoms with Gasteiger partial charge in [-0.25, -0.2) is 0 Å². The molecule has 1 aromatic heterocycles. The van der Waals surface area contributed by atoms with Gasteiger partial charge in [0.2, 0.25) is 0 Å². The lowest BCUT2D eigenvalue weighted by atomic mass is 10.2. The van der Waals surface area contributed by atoms with Crippen molar-refractivity contribution in [3.05, 3.63) is 56.4 Å². The third-order valence-corrected chi connectivity index (χ3v) is 4.17. The second-order valence-electron chi connectivity index (χ2n) is 4.19. The van der Waals surface area contributed by atoms with Crippen molar-refractivity contribution in [2.45, 2.75) is 6.42 Å². The fourth-order valence-corrected chi connectivity index (χ4v) is 2.11. The van der Waals surface area contributed by atoms with E-state index >= 15 is 0 Å². The predicted molar refractivity (Wildman–Crippen MR) is 87.7 cm³/mol. The summed E-state index contributed by atoms with van der Waals surface area (Å²) in [6.07, 6.45) is 1.27. The average molecular weight is 417 g/mol. The Bertz CT molecular complexity index is 689. The maximum atomic E-state index is 12.0. The first-order chi connectivity index (χ1) is 9.95. The molecule has 0 aliphatic rings. The van der Waals surface area contributed by atoms with E-state index in [0.29, 0.717) is 22.0 Å². The number of nitrogens with zero attached hydrogens (tertiary/aromatic N) is 1. The highest BCUT2D eigenvalue weighted by Crippen LogP contribution is 2.20. The Hall–Kier alpha value is -1.67. The Morgan fingerprint density at radius 1 is 1.29 bits per heavy atom. The van der Waals surface area contributed by atoms with E-state index in [0.717, 1.165) is 3.57 Å². The van der Waals surface area contributed by atoms with Crippen molar-refractivity contribution in [3.8, 4) is 0 Å². The Morgan fingerprint density at radius 3 is 2.62 bits per heavy atom. The molecule has 0 spiro atoms. The van der Waals surface area contributed by atoms with Gasteiger partial charge in [-0.15, -0.1) is 0 Å². The van der Waals surface area contributed by atoms with Crippen LogP contribution in [0.4, 0.5) is 5.69 Å². The molecule has 7 heteroatoms. The highest BCUT2D eigenvalue weighted by molar-refractivity contribution is 14.1. The van der Waals surface area contributed by atoms with Crippen LogP contribution >= 0.6 is 34.2 Å². The van der Waals surface area contributed by atoms with E-state index in [1.54, 1.807) is 30.3 Å². The van der Waals surface area contributed by atoms with Crippen molar-refractivity contribution in [3.63, 3.8) is 0 Å². The molecule has 0 atom stereocenters. The average Bonchev–Trinajstić information content (AvgIpc) is 2.43. The second kappa shape index (κ2) is 6.86. The van der Waals surface area contributed by atoms with E-state index in [9.17, 15) is 9.59 Å². The molecule has 0 saturated carbocycles. The molecule has 108 valence electrons. The number of amides is 1. The number of carboxylic acids is 1. The van der Waals surface area contributed by atoms with Gasteiger partial charge in [-0.3, -0.25) is 14.6 Å². The number of carbonyl (C=O) groups excluding carboxylic acids is 1. The van der Waals surface area contributed by atoms with Gasteiger partial charge in [0.1, 0.15) is 0 Å². The summed E-state index contributed by atoms with van der Waals surface area (Å²) in [5.74, 6) is -1.26. The summed E-state index contributed by atoms with van der Waals surface area (Å²) in [4.78, 5) is 26.6. The number of halogens is 2. The Balaban J connectivity index is 2.08. The van der Waals surface area contributed by atoms with E-state index < -0.39 is 5.97 Å². The summed E-state index contributed by atoms with van der Waals surface area (Å²) in [6, 6.07) is 8.19. The number of carboxylic acid groups (broad SMARTS) is 1. The van der Waals surface area contributed by atoms with Crippen LogP contribution in [-0.4, -0.2) is 22.0 Å². The number of carbonyl (C=O) groups is 2. The third-order valence-electron chi connectivity index (χ3n) is 2.60. The number of aromatic nitrogens is 1. The molecule has 1 heterocycles. The maximum Gasteiger partial charge on any atom is 0.309 e. The normalized spacial score (nSPS) is 10.2. The summed E-state index contributed by atoms with van der Waals surface area (Å²) in [7, 11) is 0. The molecule has 1 aromatic carbocycles. The summed E-state index contributed by atoms with van der Waals surface area (Å²) in [6.45, 7) is 0. The number of hydrogen-bond acceptors (Lipinski definition) is 3. The van der Waals surface area contributed by atoms with Gasteiger partial charge in [0.25, 0.3) is 5.91 Å². The van der Waals surface area contributed by atoms with Crippen molar-refractivity contribution in [1.82, 2.24) is 4.98 Å². The van der Waals surface area contributed by atoms with E-state index in [2.05, 4.69) is 32.9 Å². The Labute approximate surface area is 139 Å². The summed E-state index contributed by atoms with van der Waals surface area (Å²) in [5, 5.41) is 11.8. The second-order valence-corrected chi connectivity index (χ2v) is 5.76. The zero-order valence-corrected chi connectivity index (χ0v) is 13.6. The van der Waals surface area contributed by atoms with Crippen LogP contribution in [0.3, 0.4) is 0 Å². The van der Waals surface area contributed by atoms with Gasteiger partial charge in [-0.05, 0) is 52.9 Å². The van der Waals surface area contributed by atoms with Crippen LogP contribution in [0.2, 0.25) is 5.02 Å². The molecule has 0 unspecified atom stereocenters. The van der Waals surface area contributed by atoms with E-state index in [4.69, 9.17) is 16.7 Å². The van der Waals surface area contributed by atoms with Crippen LogP contribution in [0.15, 0.2) is 36.5 Å². The topological polar surface area (TPSA) is 79.3 Å². The van der Waals surface area contributed by atoms with E-state index in [1.807, 2.05) is 0 Å². The lowest BCUT2D eigenvalue weighted by Gasteiger charge is -2.06. The number of nitrogens with one attached hydrogen (secondary N) is 1. The fraction of sp³-hybridized carbons (Fsp3) is 0.0714. The first kappa shape index (κ1) is 15.7. The first-order valence-electron chi connectivity index (χ1n) is 5.89. The number of benzene rings is 1. The van der Waals surface area contributed by atoms with Crippen molar-refractivity contribution in [2.75, 3.05) is 5.32 Å². The molecule has 0 bridgehead atoms. The van der Waals surface area contributed by atoms with Crippen LogP contribution in [0.25, 0.3) is 0 Å². The quantitative estimate of drug-likeness (QED) is 0.750. The lowest BCUT2D eigenvalue weighted by molar-refractivity contribution is -0.136. The van der Waals surface area contributed by atoms with Crippen LogP contribution in [0.1, 0.15) is 16.1 Å². The zero-order valence-electron chi connectivity index (χ0n) is 10.6. The number of pyridine rings is 1. The number of rotatable bonds is 4. The molecule has 2 N–H and O–H groups in total. The smallest absolute Gasteiger partial charge is 0.309 e. The van der Waals surface area contributed by atoms with Crippen LogP contribution < -0.4 is 5.32 Å². The van der Waals surface area contributed by atoms with Crippen LogP contribution in [0, 0.1) is 3.57 Å². The van der Waals surface area contributed by atoms with Crippen molar-refractivity contribution in [2.24, 2.45) is 0 Å². The van der Waals surface area contributed by atoms with Gasteiger partial charge in [-0.2, -0.15) is 0 Å². The van der Waals surface area contributed by atoms with Gasteiger partial charge < -0.3 is 10.4 Å². The van der Waals surface area contributed by atoms with Crippen molar-refractivity contribution < 1.29 is 14.7 Å². The minimum absolute atomic E-state index is 0.152. The minimum atomic E-state index is -0.951. The summed E-state index contributed by atoms with van der Waals surface area (Å²) < 4.78 is 0.866. The molecule has 2 aromatic rings. The summed E-state index contributed by atoms with van der Waals surface area (Å²) >= 11 is 8.05. The first-order valence-corrected chi connectivity index (χ1v) is 7.34. The molecule has 5 nitrogen and oxygen atoms in total. The molecule has 1 amide bonds. The zero-order chi connectivity index (χ0) is 15.4. The largest absolute Gasteiger partial charge is 0.481 e. The van der Waals surface area contributed by atoms with Crippen LogP contribution in [0.5, 0.6) is 0 Å². The third kappa shape index (κ3) is 4.40. The standard InChI is InChI=1S/C14H10ClIN2O3/c15-11-5-8(1-4-12(11)16)14(21)18-10-3-2-9(17-7-10)6-13(19)20/h1-5,7H,6H2,(H,18,21)(H,19,20). The minimum Gasteiger partial charge on any atom is -0.481 e. The number of anilines is 1. The molecular weight excluding hydrogens is 407 g/mol. The van der Waals surface area contributed by atoms with Crippen molar-refractivity contribution in [1.29, 1.82) is 0 Å². The molecule has 0 radical (unpaired) electrons. The monoisotopic (exact) mass is 416 g/mol. The van der Waals surface area contributed by atoms with Gasteiger partial charge in [0, 0.05) is 9.13 Å². The molecule has 0 saturated heterocycles. The van der Waals surface area contributed by atoms with Gasteiger partial charge >= 0.3 is 5.97 Å². The van der Waals surface area contributed by atoms with Gasteiger partial charge in [0.05, 0.1) is 29.0 Å². The number of aliphatic carboxylic acids is 1.